The molecule has 2 rings (SSSR count). The van der Waals surface area contributed by atoms with Crippen LogP contribution < -0.4 is 11.1 Å². The molecule has 16 heavy (non-hydrogen) atoms. The van der Waals surface area contributed by atoms with E-state index in [0.29, 0.717) is 5.82 Å². The van der Waals surface area contributed by atoms with E-state index in [-0.39, 0.29) is 12.5 Å². The van der Waals surface area contributed by atoms with Crippen LogP contribution in [0, 0.1) is 0 Å². The van der Waals surface area contributed by atoms with Crippen molar-refractivity contribution in [3.8, 4) is 0 Å². The predicted octanol–water partition coefficient (Wildman–Crippen LogP) is -0.423. The Kier molecular flexibility index (Phi) is 3.22. The quantitative estimate of drug-likeness (QED) is 0.670. The molecule has 0 aromatic carbocycles. The van der Waals surface area contributed by atoms with Crippen LogP contribution in [0.15, 0.2) is 17.5 Å². The highest BCUT2D eigenvalue weighted by molar-refractivity contribution is 7.10. The zero-order valence-electron chi connectivity index (χ0n) is 8.25. The van der Waals surface area contributed by atoms with Gasteiger partial charge in [0.1, 0.15) is 6.04 Å². The molecular formula is C8H10N6OS. The van der Waals surface area contributed by atoms with Crippen LogP contribution in [0.2, 0.25) is 0 Å². The van der Waals surface area contributed by atoms with Crippen LogP contribution in [0.1, 0.15) is 16.7 Å². The maximum absolute atomic E-state index is 11.6. The van der Waals surface area contributed by atoms with Gasteiger partial charge in [0.2, 0.25) is 5.91 Å². The number of nitrogens with two attached hydrogens (primary N) is 1. The number of nitrogens with zero attached hydrogens (tertiary/aromatic N) is 3. The zero-order chi connectivity index (χ0) is 11.4. The number of carbonyl (C=O) groups is 1. The molecule has 0 saturated heterocycles. The second-order valence-corrected chi connectivity index (χ2v) is 4.02. The molecule has 7 nitrogen and oxygen atoms in total. The van der Waals surface area contributed by atoms with Gasteiger partial charge in [-0.15, -0.1) is 21.5 Å². The van der Waals surface area contributed by atoms with E-state index in [9.17, 15) is 4.79 Å². The molecular weight excluding hydrogens is 228 g/mol. The first-order valence-corrected chi connectivity index (χ1v) is 5.44. The first-order valence-electron chi connectivity index (χ1n) is 4.56. The first kappa shape index (κ1) is 10.7. The zero-order valence-corrected chi connectivity index (χ0v) is 9.07. The van der Waals surface area contributed by atoms with Crippen molar-refractivity contribution in [2.45, 2.75) is 12.6 Å². The lowest BCUT2D eigenvalue weighted by Gasteiger charge is -2.08. The van der Waals surface area contributed by atoms with Gasteiger partial charge >= 0.3 is 0 Å². The fourth-order valence-corrected chi connectivity index (χ4v) is 1.86. The minimum atomic E-state index is -0.646. The summed E-state index contributed by atoms with van der Waals surface area (Å²) in [6.07, 6.45) is 0. The van der Waals surface area contributed by atoms with E-state index in [0.717, 1.165) is 4.88 Å². The lowest BCUT2D eigenvalue weighted by Crippen LogP contribution is -2.33. The van der Waals surface area contributed by atoms with Crippen LogP contribution in [0.4, 0.5) is 0 Å². The lowest BCUT2D eigenvalue weighted by molar-refractivity contribution is -0.122. The van der Waals surface area contributed by atoms with Crippen molar-refractivity contribution in [3.05, 3.63) is 28.2 Å². The van der Waals surface area contributed by atoms with Crippen molar-refractivity contribution in [1.82, 2.24) is 25.9 Å². The maximum atomic E-state index is 11.6. The number of rotatable bonds is 4. The van der Waals surface area contributed by atoms with Crippen molar-refractivity contribution >= 4 is 17.2 Å². The smallest absolute Gasteiger partial charge is 0.242 e. The highest BCUT2D eigenvalue weighted by Crippen LogP contribution is 2.16. The molecule has 2 aromatic rings. The number of hydrogen-bond acceptors (Lipinski definition) is 6. The van der Waals surface area contributed by atoms with Gasteiger partial charge in [-0.25, -0.2) is 0 Å². The Labute approximate surface area is 95.0 Å². The molecule has 4 N–H and O–H groups in total. The molecule has 0 bridgehead atoms. The number of carbonyl (C=O) groups excluding carboxylic acids is 1. The summed E-state index contributed by atoms with van der Waals surface area (Å²) in [6, 6.07) is 3.03. The third-order valence-electron chi connectivity index (χ3n) is 1.94. The number of thiophene rings is 1. The summed E-state index contributed by atoms with van der Waals surface area (Å²) in [5.41, 5.74) is 5.76. The first-order chi connectivity index (χ1) is 7.77. The molecule has 84 valence electrons. The highest BCUT2D eigenvalue weighted by Gasteiger charge is 2.16. The minimum Gasteiger partial charge on any atom is -0.347 e. The normalized spacial score (nSPS) is 12.3. The number of aromatic nitrogens is 4. The Morgan fingerprint density at radius 1 is 1.69 bits per heavy atom. The number of hydrogen-bond donors (Lipinski definition) is 3. The van der Waals surface area contributed by atoms with Gasteiger partial charge in [0, 0.05) is 4.88 Å². The third kappa shape index (κ3) is 2.41. The molecule has 2 heterocycles. The van der Waals surface area contributed by atoms with E-state index in [1.54, 1.807) is 0 Å². The SMILES string of the molecule is NC(C(=O)NCc1nn[nH]n1)c1cccs1. The monoisotopic (exact) mass is 238 g/mol. The summed E-state index contributed by atoms with van der Waals surface area (Å²) in [7, 11) is 0. The molecule has 0 aliphatic rings. The summed E-state index contributed by atoms with van der Waals surface area (Å²) in [4.78, 5) is 12.4. The van der Waals surface area contributed by atoms with Gasteiger partial charge in [-0.2, -0.15) is 5.21 Å². The number of amides is 1. The van der Waals surface area contributed by atoms with Crippen molar-refractivity contribution in [3.63, 3.8) is 0 Å². The van der Waals surface area contributed by atoms with E-state index in [4.69, 9.17) is 5.73 Å². The fourth-order valence-electron chi connectivity index (χ4n) is 1.13. The highest BCUT2D eigenvalue weighted by atomic mass is 32.1. The Hall–Kier alpha value is -1.80. The van der Waals surface area contributed by atoms with Gasteiger partial charge in [-0.3, -0.25) is 4.79 Å². The molecule has 8 heteroatoms. The van der Waals surface area contributed by atoms with E-state index in [1.807, 2.05) is 17.5 Å². The topological polar surface area (TPSA) is 110 Å². The summed E-state index contributed by atoms with van der Waals surface area (Å²) in [5.74, 6) is 0.166. The Morgan fingerprint density at radius 2 is 2.56 bits per heavy atom. The van der Waals surface area contributed by atoms with Gasteiger partial charge in [-0.05, 0) is 11.4 Å². The summed E-state index contributed by atoms with van der Waals surface area (Å²) < 4.78 is 0. The number of nitrogens with one attached hydrogen (secondary N) is 2. The van der Waals surface area contributed by atoms with E-state index >= 15 is 0 Å². The third-order valence-corrected chi connectivity index (χ3v) is 2.90. The molecule has 0 spiro atoms. The van der Waals surface area contributed by atoms with Gasteiger partial charge in [0.25, 0.3) is 0 Å². The van der Waals surface area contributed by atoms with Crippen LogP contribution in [0.5, 0.6) is 0 Å². The van der Waals surface area contributed by atoms with Crippen LogP contribution >= 0.6 is 11.3 Å². The summed E-state index contributed by atoms with van der Waals surface area (Å²) in [6.45, 7) is 0.217. The molecule has 0 fully saturated rings. The maximum Gasteiger partial charge on any atom is 0.242 e. The average molecular weight is 238 g/mol. The van der Waals surface area contributed by atoms with Crippen molar-refractivity contribution in [1.29, 1.82) is 0 Å². The Balaban J connectivity index is 1.89. The molecule has 2 aromatic heterocycles. The van der Waals surface area contributed by atoms with Crippen LogP contribution in [0.25, 0.3) is 0 Å². The molecule has 0 aliphatic carbocycles. The molecule has 0 aliphatic heterocycles. The molecule has 0 saturated carbocycles. The van der Waals surface area contributed by atoms with E-state index in [1.165, 1.54) is 11.3 Å². The predicted molar refractivity (Wildman–Crippen MR) is 57.3 cm³/mol. The molecule has 1 amide bonds. The van der Waals surface area contributed by atoms with Crippen LogP contribution in [0.3, 0.4) is 0 Å². The second kappa shape index (κ2) is 4.81. The van der Waals surface area contributed by atoms with Crippen LogP contribution in [-0.4, -0.2) is 26.5 Å². The van der Waals surface area contributed by atoms with E-state index in [2.05, 4.69) is 25.9 Å². The average Bonchev–Trinajstić information content (AvgIpc) is 2.96. The number of aromatic amines is 1. The van der Waals surface area contributed by atoms with Gasteiger partial charge in [0.05, 0.1) is 6.54 Å². The Bertz CT molecular complexity index is 439. The standard InChI is InChI=1S/C8H10N6OS/c9-7(5-2-1-3-16-5)8(15)10-4-6-11-13-14-12-6/h1-3,7H,4,9H2,(H,10,15)(H,11,12,13,14). The van der Waals surface area contributed by atoms with Gasteiger partial charge in [0.15, 0.2) is 5.82 Å². The number of tetrazole rings is 1. The van der Waals surface area contributed by atoms with Gasteiger partial charge < -0.3 is 11.1 Å². The summed E-state index contributed by atoms with van der Waals surface area (Å²) >= 11 is 1.45. The summed E-state index contributed by atoms with van der Waals surface area (Å²) in [5, 5.41) is 17.6. The molecule has 1 atom stereocenters. The second-order valence-electron chi connectivity index (χ2n) is 3.04. The molecule has 0 radical (unpaired) electrons. The minimum absolute atomic E-state index is 0.217. The number of H-pyrrole nitrogens is 1. The van der Waals surface area contributed by atoms with Crippen molar-refractivity contribution in [2.75, 3.05) is 0 Å². The largest absolute Gasteiger partial charge is 0.347 e. The van der Waals surface area contributed by atoms with Gasteiger partial charge in [-0.1, -0.05) is 11.3 Å². The van der Waals surface area contributed by atoms with E-state index < -0.39 is 6.04 Å². The fraction of sp³-hybridized carbons (Fsp3) is 0.250. The molecule has 1 unspecified atom stereocenters. The van der Waals surface area contributed by atoms with Crippen molar-refractivity contribution < 1.29 is 4.79 Å². The Morgan fingerprint density at radius 3 is 3.19 bits per heavy atom. The van der Waals surface area contributed by atoms with Crippen molar-refractivity contribution in [2.24, 2.45) is 5.73 Å². The lowest BCUT2D eigenvalue weighted by atomic mass is 10.2. The van der Waals surface area contributed by atoms with Crippen LogP contribution in [-0.2, 0) is 11.3 Å².